The lowest BCUT2D eigenvalue weighted by Crippen LogP contribution is -2.52. The van der Waals surface area contributed by atoms with E-state index in [1.54, 1.807) is 25.5 Å². The van der Waals surface area contributed by atoms with Crippen molar-refractivity contribution in [1.82, 2.24) is 13.9 Å². The molecule has 0 atom stereocenters. The molecule has 0 aliphatic heterocycles. The molecule has 1 aromatic heterocycles. The van der Waals surface area contributed by atoms with Crippen molar-refractivity contribution in [2.75, 3.05) is 13.1 Å². The van der Waals surface area contributed by atoms with Crippen molar-refractivity contribution in [3.8, 4) is 0 Å². The van der Waals surface area contributed by atoms with Gasteiger partial charge in [-0.2, -0.15) is 4.31 Å². The molecule has 6 nitrogen and oxygen atoms in total. The van der Waals surface area contributed by atoms with Crippen LogP contribution in [0.5, 0.6) is 0 Å². The largest absolute Gasteiger partial charge is 0.337 e. The minimum absolute atomic E-state index is 0.0749. The van der Waals surface area contributed by atoms with E-state index in [2.05, 4.69) is 4.98 Å². The van der Waals surface area contributed by atoms with Crippen LogP contribution in [0.2, 0.25) is 0 Å². The number of nitrogens with zero attached hydrogens (tertiary/aromatic N) is 3. The van der Waals surface area contributed by atoms with Gasteiger partial charge in [0.25, 0.3) is 10.0 Å². The van der Waals surface area contributed by atoms with E-state index in [4.69, 9.17) is 5.73 Å². The third-order valence-corrected chi connectivity index (χ3v) is 5.16. The summed E-state index contributed by atoms with van der Waals surface area (Å²) >= 11 is 0. The van der Waals surface area contributed by atoms with Crippen LogP contribution in [0.4, 0.5) is 0 Å². The van der Waals surface area contributed by atoms with Gasteiger partial charge in [0.2, 0.25) is 0 Å². The summed E-state index contributed by atoms with van der Waals surface area (Å²) in [6.45, 7) is 7.80. The molecule has 0 spiro atoms. The Hall–Kier alpha value is -0.920. The van der Waals surface area contributed by atoms with Gasteiger partial charge in [0.15, 0.2) is 5.03 Å². The normalized spacial score (nSPS) is 13.3. The summed E-state index contributed by atoms with van der Waals surface area (Å²) in [5, 5.41) is 0.0749. The number of sulfonamides is 1. The predicted octanol–water partition coefficient (Wildman–Crippen LogP) is 0.476. The van der Waals surface area contributed by atoms with Crippen LogP contribution >= 0.6 is 0 Å². The fourth-order valence-corrected chi connectivity index (χ4v) is 3.62. The average Bonchev–Trinajstić information content (AvgIpc) is 2.60. The number of hydrogen-bond acceptors (Lipinski definition) is 4. The monoisotopic (exact) mass is 274 g/mol. The molecule has 0 radical (unpaired) electrons. The molecule has 0 aliphatic rings. The quantitative estimate of drug-likeness (QED) is 0.846. The van der Waals surface area contributed by atoms with Crippen LogP contribution in [-0.4, -0.2) is 40.9 Å². The first-order valence-corrected chi connectivity index (χ1v) is 7.33. The van der Waals surface area contributed by atoms with E-state index in [9.17, 15) is 8.42 Å². The zero-order valence-corrected chi connectivity index (χ0v) is 12.5. The molecule has 2 N–H and O–H groups in total. The van der Waals surface area contributed by atoms with E-state index in [0.29, 0.717) is 12.4 Å². The Morgan fingerprint density at radius 1 is 1.50 bits per heavy atom. The highest BCUT2D eigenvalue weighted by molar-refractivity contribution is 7.89. The highest BCUT2D eigenvalue weighted by Gasteiger charge is 2.36. The van der Waals surface area contributed by atoms with Crippen LogP contribution in [0.15, 0.2) is 11.2 Å². The maximum absolute atomic E-state index is 12.5. The van der Waals surface area contributed by atoms with Crippen molar-refractivity contribution in [3.05, 3.63) is 12.0 Å². The number of aromatic nitrogens is 2. The summed E-state index contributed by atoms with van der Waals surface area (Å²) in [6, 6.07) is 0. The van der Waals surface area contributed by atoms with Gasteiger partial charge in [-0.3, -0.25) is 0 Å². The minimum atomic E-state index is -3.60. The van der Waals surface area contributed by atoms with Crippen LogP contribution in [-0.2, 0) is 17.1 Å². The van der Waals surface area contributed by atoms with Crippen molar-refractivity contribution in [1.29, 1.82) is 0 Å². The lowest BCUT2D eigenvalue weighted by atomic mass is 10.1. The highest BCUT2D eigenvalue weighted by Crippen LogP contribution is 2.23. The first-order valence-electron chi connectivity index (χ1n) is 5.89. The number of rotatable bonds is 5. The molecular weight excluding hydrogens is 252 g/mol. The molecular formula is C11H22N4O2S. The second kappa shape index (κ2) is 4.99. The molecule has 18 heavy (non-hydrogen) atoms. The topological polar surface area (TPSA) is 81.2 Å². The lowest BCUT2D eigenvalue weighted by Gasteiger charge is -2.35. The van der Waals surface area contributed by atoms with Crippen LogP contribution in [0, 0.1) is 6.92 Å². The second-order valence-electron chi connectivity index (χ2n) is 4.92. The van der Waals surface area contributed by atoms with Gasteiger partial charge >= 0.3 is 0 Å². The van der Waals surface area contributed by atoms with Gasteiger partial charge in [-0.05, 0) is 20.8 Å². The summed E-state index contributed by atoms with van der Waals surface area (Å²) in [7, 11) is -1.83. The van der Waals surface area contributed by atoms with Crippen LogP contribution in [0.25, 0.3) is 0 Å². The summed E-state index contributed by atoms with van der Waals surface area (Å²) in [5.41, 5.74) is 5.03. The molecule has 0 saturated heterocycles. The minimum Gasteiger partial charge on any atom is -0.337 e. The number of likely N-dealkylation sites (N-methyl/N-ethyl adjacent to an activating group) is 1. The van der Waals surface area contributed by atoms with Crippen molar-refractivity contribution in [2.24, 2.45) is 12.8 Å². The molecule has 7 heteroatoms. The van der Waals surface area contributed by atoms with E-state index in [-0.39, 0.29) is 11.6 Å². The fraction of sp³-hybridized carbons (Fsp3) is 0.727. The third-order valence-electron chi connectivity index (χ3n) is 3.10. The van der Waals surface area contributed by atoms with Gasteiger partial charge < -0.3 is 10.3 Å². The van der Waals surface area contributed by atoms with Crippen molar-refractivity contribution >= 4 is 10.0 Å². The maximum atomic E-state index is 12.5. The van der Waals surface area contributed by atoms with Crippen molar-refractivity contribution in [2.45, 2.75) is 38.3 Å². The van der Waals surface area contributed by atoms with Gasteiger partial charge in [0.1, 0.15) is 5.82 Å². The first kappa shape index (κ1) is 15.1. The average molecular weight is 274 g/mol. The lowest BCUT2D eigenvalue weighted by molar-refractivity contribution is 0.243. The molecule has 0 aromatic carbocycles. The van der Waals surface area contributed by atoms with E-state index in [0.717, 1.165) is 0 Å². The van der Waals surface area contributed by atoms with Gasteiger partial charge in [0, 0.05) is 31.9 Å². The molecule has 0 saturated carbocycles. The molecule has 1 rings (SSSR count). The van der Waals surface area contributed by atoms with Crippen LogP contribution < -0.4 is 5.73 Å². The van der Waals surface area contributed by atoms with Gasteiger partial charge in [-0.1, -0.05) is 6.92 Å². The Kier molecular flexibility index (Phi) is 4.19. The van der Waals surface area contributed by atoms with Crippen LogP contribution in [0.3, 0.4) is 0 Å². The Morgan fingerprint density at radius 2 is 2.06 bits per heavy atom. The van der Waals surface area contributed by atoms with E-state index in [1.807, 2.05) is 13.8 Å². The molecule has 1 aromatic rings. The van der Waals surface area contributed by atoms with Gasteiger partial charge in [0.05, 0.1) is 0 Å². The standard InChI is InChI=1S/C11H22N4O2S/c1-6-15(11(3,4)8-12)18(16,17)10-7-14(5)9(2)13-10/h7H,6,8,12H2,1-5H3. The summed E-state index contributed by atoms with van der Waals surface area (Å²) in [6.07, 6.45) is 1.53. The number of aryl methyl sites for hydroxylation is 2. The van der Waals surface area contributed by atoms with Crippen LogP contribution in [0.1, 0.15) is 26.6 Å². The van der Waals surface area contributed by atoms with Crippen molar-refractivity contribution < 1.29 is 8.42 Å². The zero-order valence-electron chi connectivity index (χ0n) is 11.6. The summed E-state index contributed by atoms with van der Waals surface area (Å²) in [4.78, 5) is 4.09. The Bertz CT molecular complexity index is 500. The summed E-state index contributed by atoms with van der Waals surface area (Å²) in [5.74, 6) is 0.662. The number of hydrogen-bond donors (Lipinski definition) is 1. The maximum Gasteiger partial charge on any atom is 0.262 e. The molecule has 1 heterocycles. The Balaban J connectivity index is 3.28. The second-order valence-corrected chi connectivity index (χ2v) is 6.73. The first-order chi connectivity index (χ1) is 8.16. The number of nitrogens with two attached hydrogens (primary N) is 1. The molecule has 0 aliphatic carbocycles. The van der Waals surface area contributed by atoms with Gasteiger partial charge in [-0.25, -0.2) is 13.4 Å². The molecule has 0 unspecified atom stereocenters. The predicted molar refractivity (Wildman–Crippen MR) is 70.6 cm³/mol. The van der Waals surface area contributed by atoms with Gasteiger partial charge in [-0.15, -0.1) is 0 Å². The van der Waals surface area contributed by atoms with Crippen molar-refractivity contribution in [3.63, 3.8) is 0 Å². The smallest absolute Gasteiger partial charge is 0.262 e. The van der Waals surface area contributed by atoms with E-state index >= 15 is 0 Å². The molecule has 0 amide bonds. The zero-order chi connectivity index (χ0) is 14.1. The molecule has 0 bridgehead atoms. The molecule has 104 valence electrons. The SMILES string of the molecule is CCN(C(C)(C)CN)S(=O)(=O)c1cn(C)c(C)n1. The fourth-order valence-electron chi connectivity index (χ4n) is 1.79. The Morgan fingerprint density at radius 3 is 2.39 bits per heavy atom. The molecule has 0 fully saturated rings. The third kappa shape index (κ3) is 2.57. The highest BCUT2D eigenvalue weighted by atomic mass is 32.2. The number of imidazole rings is 1. The summed E-state index contributed by atoms with van der Waals surface area (Å²) < 4.78 is 28.1. The van der Waals surface area contributed by atoms with E-state index < -0.39 is 15.6 Å². The Labute approximate surface area is 109 Å². The van der Waals surface area contributed by atoms with E-state index in [1.165, 1.54) is 10.5 Å².